The van der Waals surface area contributed by atoms with Gasteiger partial charge in [-0.05, 0) is 118 Å². The Kier molecular flexibility index (Phi) is 32.6. The molecule has 0 saturated carbocycles. The summed E-state index contributed by atoms with van der Waals surface area (Å²) in [5.74, 6) is -4.01. The van der Waals surface area contributed by atoms with Crippen LogP contribution in [0, 0.1) is 35.5 Å². The van der Waals surface area contributed by atoms with Gasteiger partial charge < -0.3 is 66.8 Å². The minimum Gasteiger partial charge on any atom is -0.445 e. The van der Waals surface area contributed by atoms with Crippen LogP contribution in [-0.4, -0.2) is 176 Å². The molecule has 0 bridgehead atoms. The number of rotatable bonds is 37. The van der Waals surface area contributed by atoms with Crippen LogP contribution in [0.15, 0.2) is 54.6 Å². The number of nitrogens with one attached hydrogen (secondary N) is 6. The van der Waals surface area contributed by atoms with Gasteiger partial charge in [0.25, 0.3) is 0 Å². The van der Waals surface area contributed by atoms with Crippen LogP contribution in [0.1, 0.15) is 158 Å². The van der Waals surface area contributed by atoms with Gasteiger partial charge >= 0.3 is 6.09 Å². The number of benzene rings is 2. The maximum absolute atomic E-state index is 14.8. The van der Waals surface area contributed by atoms with E-state index in [1.807, 2.05) is 73.6 Å². The van der Waals surface area contributed by atoms with Crippen LogP contribution in [0.4, 0.5) is 10.5 Å². The number of amides is 8. The molecular formula is C66H110N10O12. The minimum absolute atomic E-state index is 0.0733. The molecule has 88 heavy (non-hydrogen) atoms. The zero-order valence-electron chi connectivity index (χ0n) is 55.9. The molecule has 0 aliphatic carbocycles. The first-order valence-electron chi connectivity index (χ1n) is 31.8. The van der Waals surface area contributed by atoms with E-state index in [0.717, 1.165) is 0 Å². The molecule has 8 amide bonds. The molecule has 1 saturated heterocycles. The summed E-state index contributed by atoms with van der Waals surface area (Å²) in [5.41, 5.74) is 7.47. The Balaban J connectivity index is 1.71. The van der Waals surface area contributed by atoms with Gasteiger partial charge in [0.15, 0.2) is 0 Å². The summed E-state index contributed by atoms with van der Waals surface area (Å²) in [6.45, 7) is 23.3. The fraction of sp³-hybridized carbons (Fsp3) is 0.697. The zero-order valence-corrected chi connectivity index (χ0v) is 55.9. The number of hydrogen-bond acceptors (Lipinski definition) is 14. The number of aliphatic hydroxyl groups is 1. The van der Waals surface area contributed by atoms with Crippen LogP contribution in [0.5, 0.6) is 0 Å². The normalized spacial score (nSPS) is 17.5. The predicted molar refractivity (Wildman–Crippen MR) is 342 cm³/mol. The van der Waals surface area contributed by atoms with E-state index in [9.17, 15) is 43.5 Å². The van der Waals surface area contributed by atoms with Gasteiger partial charge in [0.05, 0.1) is 54.8 Å². The molecule has 1 aliphatic heterocycles. The second-order valence-corrected chi connectivity index (χ2v) is 25.5. The molecule has 496 valence electrons. The van der Waals surface area contributed by atoms with Crippen molar-refractivity contribution in [2.24, 2.45) is 41.2 Å². The molecule has 1 heterocycles. The highest BCUT2D eigenvalue weighted by molar-refractivity contribution is 5.99. The van der Waals surface area contributed by atoms with E-state index in [1.165, 1.54) is 26.2 Å². The number of nitrogens with zero attached hydrogens (tertiary/aromatic N) is 3. The average molecular weight is 1240 g/mol. The number of carbonyl (C=O) groups excluding carboxylic acids is 8. The Bertz CT molecular complexity index is 2500. The fourth-order valence-corrected chi connectivity index (χ4v) is 11.7. The monoisotopic (exact) mass is 1230 g/mol. The second kappa shape index (κ2) is 37.7. The number of likely N-dealkylation sites (tertiary alicyclic amines) is 1. The largest absolute Gasteiger partial charge is 0.445 e. The summed E-state index contributed by atoms with van der Waals surface area (Å²) < 4.78 is 17.8. The van der Waals surface area contributed by atoms with Gasteiger partial charge in [-0.3, -0.25) is 38.5 Å². The van der Waals surface area contributed by atoms with Gasteiger partial charge in [-0.15, -0.1) is 0 Å². The van der Waals surface area contributed by atoms with E-state index in [0.29, 0.717) is 81.3 Å². The van der Waals surface area contributed by atoms with Crippen LogP contribution in [0.25, 0.3) is 0 Å². The lowest BCUT2D eigenvalue weighted by Gasteiger charge is -2.41. The number of carbonyl (C=O) groups is 8. The lowest BCUT2D eigenvalue weighted by atomic mass is 9.89. The molecule has 22 nitrogen and oxygen atoms in total. The molecule has 1 aliphatic rings. The Morgan fingerprint density at radius 2 is 1.31 bits per heavy atom. The SMILES string of the molecule is CC[C@H](C)[C@@H]([C@@H](CC(=O)N1CCC[C@H]1[C@H](OC)[C@@H](C)C(=O)N[C@H](C)[C@@H](O)c1ccccc1)OC)N(C)C(=O)[C@@H](NC(=O)[C@H](C(C)C)N(C)C(=O)OCc1ccc(NC(=O)[C@H](CCCCN)NC(=O)[C@H](CC(C)C)NC(=O)[C@@H](CC(C)C)NC)cc1)C(C)C. The van der Waals surface area contributed by atoms with E-state index >= 15 is 0 Å². The van der Waals surface area contributed by atoms with Crippen LogP contribution in [0.2, 0.25) is 0 Å². The summed E-state index contributed by atoms with van der Waals surface area (Å²) in [5, 5.41) is 28.6. The van der Waals surface area contributed by atoms with E-state index < -0.39 is 114 Å². The van der Waals surface area contributed by atoms with Gasteiger partial charge in [-0.25, -0.2) is 4.79 Å². The molecule has 22 heteroatoms. The quantitative estimate of drug-likeness (QED) is 0.0345. The molecule has 2 aromatic carbocycles. The van der Waals surface area contributed by atoms with Crippen molar-refractivity contribution in [3.63, 3.8) is 0 Å². The van der Waals surface area contributed by atoms with Crippen LogP contribution in [-0.2, 0) is 54.4 Å². The maximum atomic E-state index is 14.8. The number of nitrogens with two attached hydrogens (primary N) is 1. The molecule has 2 aromatic rings. The number of likely N-dealkylation sites (N-methyl/N-ethyl adjacent to an activating group) is 3. The Labute approximate surface area is 525 Å². The van der Waals surface area contributed by atoms with Crippen LogP contribution >= 0.6 is 0 Å². The topological polar surface area (TPSA) is 292 Å². The first-order valence-corrected chi connectivity index (χ1v) is 31.8. The molecule has 3 rings (SSSR count). The highest BCUT2D eigenvalue weighted by Crippen LogP contribution is 2.31. The highest BCUT2D eigenvalue weighted by Gasteiger charge is 2.44. The molecule has 9 N–H and O–H groups in total. The van der Waals surface area contributed by atoms with Crippen LogP contribution in [0.3, 0.4) is 0 Å². The third kappa shape index (κ3) is 22.7. The number of unbranched alkanes of at least 4 members (excludes halogenated alkanes) is 1. The summed E-state index contributed by atoms with van der Waals surface area (Å²) in [6.07, 6.45) is 1.23. The maximum Gasteiger partial charge on any atom is 0.410 e. The van der Waals surface area contributed by atoms with Gasteiger partial charge in [-0.1, -0.05) is 125 Å². The number of methoxy groups -OCH3 is 2. The average Bonchev–Trinajstić information content (AvgIpc) is 4.16. The first kappa shape index (κ1) is 76.0. The summed E-state index contributed by atoms with van der Waals surface area (Å²) in [7, 11) is 7.86. The second-order valence-electron chi connectivity index (χ2n) is 25.5. The van der Waals surface area contributed by atoms with Crippen molar-refractivity contribution in [1.82, 2.24) is 41.3 Å². The van der Waals surface area contributed by atoms with E-state index in [1.54, 1.807) is 88.0 Å². The predicted octanol–water partition coefficient (Wildman–Crippen LogP) is 6.30. The molecule has 0 spiro atoms. The number of anilines is 1. The van der Waals surface area contributed by atoms with E-state index in [2.05, 4.69) is 31.9 Å². The molecular weight excluding hydrogens is 1120 g/mol. The number of ether oxygens (including phenoxy) is 3. The lowest BCUT2D eigenvalue weighted by Crippen LogP contribution is -2.60. The van der Waals surface area contributed by atoms with Gasteiger partial charge in [0.1, 0.15) is 30.8 Å². The Morgan fingerprint density at radius 3 is 1.85 bits per heavy atom. The molecule has 13 atom stereocenters. The third-order valence-corrected chi connectivity index (χ3v) is 17.0. The number of hydrogen-bond donors (Lipinski definition) is 8. The summed E-state index contributed by atoms with van der Waals surface area (Å²) in [4.78, 5) is 116. The van der Waals surface area contributed by atoms with E-state index in [-0.39, 0.29) is 48.5 Å². The minimum atomic E-state index is -1.05. The third-order valence-electron chi connectivity index (χ3n) is 17.0. The molecule has 0 unspecified atom stereocenters. The molecule has 1 fully saturated rings. The van der Waals surface area contributed by atoms with Crippen LogP contribution < -0.4 is 37.6 Å². The summed E-state index contributed by atoms with van der Waals surface area (Å²) >= 11 is 0. The van der Waals surface area contributed by atoms with Crippen molar-refractivity contribution >= 4 is 53.1 Å². The summed E-state index contributed by atoms with van der Waals surface area (Å²) in [6, 6.07) is 9.78. The van der Waals surface area contributed by atoms with Gasteiger partial charge in [-0.2, -0.15) is 0 Å². The van der Waals surface area contributed by atoms with Crippen molar-refractivity contribution in [3.8, 4) is 0 Å². The van der Waals surface area contributed by atoms with Crippen molar-refractivity contribution in [3.05, 3.63) is 65.7 Å². The van der Waals surface area contributed by atoms with Crippen molar-refractivity contribution in [1.29, 1.82) is 0 Å². The van der Waals surface area contributed by atoms with Gasteiger partial charge in [0.2, 0.25) is 41.4 Å². The van der Waals surface area contributed by atoms with E-state index in [4.69, 9.17) is 19.9 Å². The lowest BCUT2D eigenvalue weighted by molar-refractivity contribution is -0.148. The smallest absolute Gasteiger partial charge is 0.410 e. The van der Waals surface area contributed by atoms with Crippen molar-refractivity contribution in [2.45, 2.75) is 214 Å². The Morgan fingerprint density at radius 1 is 0.705 bits per heavy atom. The first-order chi connectivity index (χ1) is 41.6. The van der Waals surface area contributed by atoms with Crippen molar-refractivity contribution in [2.75, 3.05) is 53.8 Å². The Hall–Kier alpha value is -6.20. The fourth-order valence-electron chi connectivity index (χ4n) is 11.7. The molecule has 0 radical (unpaired) electrons. The van der Waals surface area contributed by atoms with Crippen molar-refractivity contribution < 1.29 is 57.7 Å². The van der Waals surface area contributed by atoms with Gasteiger partial charge in [0, 0.05) is 40.5 Å². The number of aliphatic hydroxyl groups excluding tert-OH is 1. The zero-order chi connectivity index (χ0) is 66.1. The standard InChI is InChI=1S/C66H110N10O12/c1-18-43(10)57(53(86-16)37-54(77)76-34-24-28-52(76)59(87-17)44(11)60(79)69-45(12)58(78)47-25-20-19-21-26-47)74(14)65(84)55(41(6)7)73-64(83)56(42(8)9)75(15)66(85)88-38-46-29-31-48(32-30-46)70-61(80)49(27-22-23-33-67)71-63(82)51(36-40(4)5)72-62(81)50(68-13)35-39(2)3/h19-21,25-26,29-32,39-45,49-53,55-59,68,78H,18,22-24,27-28,33-38,67H2,1-17H3,(H,69,79)(H,70,80)(H,71,82)(H,72,81)(H,73,83)/t43-,44+,45+,49-,50+,51-,52-,53+,55-,56-,57-,58+,59+/m0/s1. The molecule has 0 aromatic heterocycles. The highest BCUT2D eigenvalue weighted by atomic mass is 16.6.